The van der Waals surface area contributed by atoms with Gasteiger partial charge in [-0.25, -0.2) is 23.4 Å². The minimum atomic E-state index is -2.75. The lowest BCUT2D eigenvalue weighted by molar-refractivity contribution is -0.0793. The van der Waals surface area contributed by atoms with E-state index in [0.29, 0.717) is 53.0 Å². The Hall–Kier alpha value is -4.96. The molecule has 0 saturated carbocycles. The number of benzene rings is 1. The van der Waals surface area contributed by atoms with Gasteiger partial charge < -0.3 is 14.8 Å². The Labute approximate surface area is 220 Å². The van der Waals surface area contributed by atoms with Crippen LogP contribution in [0.3, 0.4) is 0 Å². The maximum Gasteiger partial charge on any atom is 0.282 e. The fourth-order valence-corrected chi connectivity index (χ4v) is 4.12. The first-order chi connectivity index (χ1) is 18.9. The lowest BCUT2D eigenvalue weighted by Crippen LogP contribution is -2.38. The summed E-state index contributed by atoms with van der Waals surface area (Å²) in [6, 6.07) is 13.9. The quantitative estimate of drug-likeness (QED) is 0.327. The standard InChI is InChI=1S/C26H21F2N9O2/c1-14-3-5-23(34-33-14)31-19-8-21-18(9-22(19)39-17-11-38-12-17)30-13-36(21)24-6-4-16(10-29)26(32-24)37-15(2)7-20(35-37)25(27)28/h3-9,13,17,25H,11-12H2,1-2H3,(H,31,34). The highest BCUT2D eigenvalue weighted by Gasteiger charge is 2.23. The number of halogens is 2. The van der Waals surface area contributed by atoms with Gasteiger partial charge in [0.15, 0.2) is 11.6 Å². The van der Waals surface area contributed by atoms with Crippen molar-refractivity contribution in [2.24, 2.45) is 0 Å². The van der Waals surface area contributed by atoms with Gasteiger partial charge in [-0.05, 0) is 50.2 Å². The number of nitrogens with zero attached hydrogens (tertiary/aromatic N) is 8. The fourth-order valence-electron chi connectivity index (χ4n) is 4.12. The SMILES string of the molecule is Cc1ccc(Nc2cc3c(cc2OC2COC2)ncn3-c2ccc(C#N)c(-n3nc(C(F)F)cc3C)n2)nn1. The minimum absolute atomic E-state index is 0.0765. The van der Waals surface area contributed by atoms with Crippen LogP contribution in [0.5, 0.6) is 5.75 Å². The van der Waals surface area contributed by atoms with E-state index in [1.54, 1.807) is 30.0 Å². The molecular formula is C26H21F2N9O2. The summed E-state index contributed by atoms with van der Waals surface area (Å²) in [7, 11) is 0. The zero-order valence-corrected chi connectivity index (χ0v) is 20.8. The van der Waals surface area contributed by atoms with Crippen LogP contribution in [0.15, 0.2) is 48.8 Å². The number of nitriles is 1. The summed E-state index contributed by atoms with van der Waals surface area (Å²) in [4.78, 5) is 9.15. The molecule has 39 heavy (non-hydrogen) atoms. The number of anilines is 2. The average molecular weight is 530 g/mol. The van der Waals surface area contributed by atoms with Crippen molar-refractivity contribution in [3.05, 3.63) is 71.4 Å². The molecule has 0 amide bonds. The predicted molar refractivity (Wildman–Crippen MR) is 136 cm³/mol. The van der Waals surface area contributed by atoms with E-state index in [0.717, 1.165) is 5.69 Å². The van der Waals surface area contributed by atoms with Gasteiger partial charge in [-0.15, -0.1) is 5.10 Å². The number of rotatable bonds is 7. The van der Waals surface area contributed by atoms with Crippen LogP contribution in [0.4, 0.5) is 20.3 Å². The smallest absolute Gasteiger partial charge is 0.282 e. The third-order valence-electron chi connectivity index (χ3n) is 6.17. The number of alkyl halides is 2. The van der Waals surface area contributed by atoms with Crippen molar-refractivity contribution in [1.29, 1.82) is 5.26 Å². The van der Waals surface area contributed by atoms with E-state index in [9.17, 15) is 14.0 Å². The Morgan fingerprint density at radius 3 is 2.64 bits per heavy atom. The number of hydrogen-bond donors (Lipinski definition) is 1. The molecule has 0 atom stereocenters. The molecule has 11 nitrogen and oxygen atoms in total. The maximum absolute atomic E-state index is 13.3. The third-order valence-corrected chi connectivity index (χ3v) is 6.17. The Morgan fingerprint density at radius 2 is 1.97 bits per heavy atom. The second-order valence-electron chi connectivity index (χ2n) is 8.99. The molecule has 0 aliphatic carbocycles. The second-order valence-corrected chi connectivity index (χ2v) is 8.99. The molecule has 4 aromatic heterocycles. The van der Waals surface area contributed by atoms with Crippen LogP contribution in [-0.4, -0.2) is 53.8 Å². The van der Waals surface area contributed by atoms with Gasteiger partial charge in [-0.1, -0.05) is 0 Å². The van der Waals surface area contributed by atoms with Crippen LogP contribution in [0.2, 0.25) is 0 Å². The average Bonchev–Trinajstić information content (AvgIpc) is 3.50. The molecule has 6 rings (SSSR count). The largest absolute Gasteiger partial charge is 0.483 e. The van der Waals surface area contributed by atoms with E-state index in [1.807, 2.05) is 31.2 Å². The molecule has 1 saturated heterocycles. The highest BCUT2D eigenvalue weighted by Crippen LogP contribution is 2.34. The number of nitrogens with one attached hydrogen (secondary N) is 1. The van der Waals surface area contributed by atoms with E-state index in [2.05, 4.69) is 36.7 Å². The number of ether oxygens (including phenoxy) is 2. The molecule has 1 N–H and O–H groups in total. The van der Waals surface area contributed by atoms with Gasteiger partial charge in [-0.2, -0.15) is 15.5 Å². The Balaban J connectivity index is 1.45. The van der Waals surface area contributed by atoms with Crippen molar-refractivity contribution in [2.45, 2.75) is 26.4 Å². The molecule has 1 aromatic carbocycles. The number of hydrogen-bond acceptors (Lipinski definition) is 9. The molecule has 5 aromatic rings. The van der Waals surface area contributed by atoms with E-state index < -0.39 is 12.1 Å². The lowest BCUT2D eigenvalue weighted by atomic mass is 10.2. The number of fused-ring (bicyclic) bond motifs is 1. The van der Waals surface area contributed by atoms with Crippen LogP contribution >= 0.6 is 0 Å². The fraction of sp³-hybridized carbons (Fsp3) is 0.231. The van der Waals surface area contributed by atoms with Crippen molar-refractivity contribution >= 4 is 22.5 Å². The first-order valence-corrected chi connectivity index (χ1v) is 12.0. The zero-order chi connectivity index (χ0) is 27.1. The van der Waals surface area contributed by atoms with Crippen LogP contribution in [-0.2, 0) is 4.74 Å². The highest BCUT2D eigenvalue weighted by atomic mass is 19.3. The van der Waals surface area contributed by atoms with Crippen molar-refractivity contribution in [3.8, 4) is 23.5 Å². The number of aromatic nitrogens is 7. The summed E-state index contributed by atoms with van der Waals surface area (Å²) in [5.41, 5.74) is 2.96. The van der Waals surface area contributed by atoms with Crippen LogP contribution in [0.1, 0.15) is 29.1 Å². The van der Waals surface area contributed by atoms with Gasteiger partial charge in [0.1, 0.15) is 35.8 Å². The van der Waals surface area contributed by atoms with Gasteiger partial charge in [0.25, 0.3) is 6.43 Å². The van der Waals surface area contributed by atoms with Gasteiger partial charge in [0, 0.05) is 11.8 Å². The molecule has 1 fully saturated rings. The first kappa shape index (κ1) is 24.4. The van der Waals surface area contributed by atoms with E-state index in [-0.39, 0.29) is 17.5 Å². The van der Waals surface area contributed by atoms with Crippen molar-refractivity contribution in [3.63, 3.8) is 0 Å². The summed E-state index contributed by atoms with van der Waals surface area (Å²) in [6.45, 7) is 4.47. The Bertz CT molecular complexity index is 1720. The van der Waals surface area contributed by atoms with Gasteiger partial charge in [0.05, 0.1) is 41.2 Å². The summed E-state index contributed by atoms with van der Waals surface area (Å²) in [6.07, 6.45) is -1.23. The van der Waals surface area contributed by atoms with Crippen molar-refractivity contribution in [1.82, 2.24) is 34.5 Å². The summed E-state index contributed by atoms with van der Waals surface area (Å²) < 4.78 is 40.9. The monoisotopic (exact) mass is 529 g/mol. The molecule has 0 unspecified atom stereocenters. The normalized spacial score (nSPS) is 13.4. The third kappa shape index (κ3) is 4.62. The van der Waals surface area contributed by atoms with Crippen LogP contribution in [0, 0.1) is 25.2 Å². The van der Waals surface area contributed by atoms with Crippen molar-refractivity contribution in [2.75, 3.05) is 18.5 Å². The number of aryl methyl sites for hydroxylation is 2. The predicted octanol–water partition coefficient (Wildman–Crippen LogP) is 4.34. The van der Waals surface area contributed by atoms with E-state index in [1.165, 1.54) is 10.7 Å². The Morgan fingerprint density at radius 1 is 1.13 bits per heavy atom. The van der Waals surface area contributed by atoms with Crippen molar-refractivity contribution < 1.29 is 18.3 Å². The molecule has 0 bridgehead atoms. The second kappa shape index (κ2) is 9.73. The summed E-state index contributed by atoms with van der Waals surface area (Å²) >= 11 is 0. The molecule has 0 radical (unpaired) electrons. The van der Waals surface area contributed by atoms with Gasteiger partial charge >= 0.3 is 0 Å². The molecule has 5 heterocycles. The zero-order valence-electron chi connectivity index (χ0n) is 20.8. The molecule has 1 aliphatic heterocycles. The molecular weight excluding hydrogens is 508 g/mol. The van der Waals surface area contributed by atoms with Crippen LogP contribution in [0.25, 0.3) is 22.7 Å². The molecule has 0 spiro atoms. The maximum atomic E-state index is 13.3. The molecule has 1 aliphatic rings. The lowest BCUT2D eigenvalue weighted by Gasteiger charge is -2.27. The topological polar surface area (TPSA) is 129 Å². The van der Waals surface area contributed by atoms with E-state index in [4.69, 9.17) is 9.47 Å². The van der Waals surface area contributed by atoms with Crippen LogP contribution < -0.4 is 10.1 Å². The summed E-state index contributed by atoms with van der Waals surface area (Å²) in [5.74, 6) is 1.66. The molecule has 196 valence electrons. The van der Waals surface area contributed by atoms with E-state index >= 15 is 0 Å². The molecule has 13 heteroatoms. The van der Waals surface area contributed by atoms with Gasteiger partial charge in [0.2, 0.25) is 0 Å². The summed E-state index contributed by atoms with van der Waals surface area (Å²) in [5, 5.41) is 25.2. The highest BCUT2D eigenvalue weighted by molar-refractivity contribution is 5.86. The number of pyridine rings is 1. The van der Waals surface area contributed by atoms with Gasteiger partial charge in [-0.3, -0.25) is 4.57 Å². The Kier molecular flexibility index (Phi) is 6.08. The number of imidazole rings is 1. The first-order valence-electron chi connectivity index (χ1n) is 12.0. The minimum Gasteiger partial charge on any atom is -0.483 e.